The summed E-state index contributed by atoms with van der Waals surface area (Å²) in [4.78, 5) is 3.72. The Bertz CT molecular complexity index is 767. The van der Waals surface area contributed by atoms with Crippen molar-refractivity contribution in [2.24, 2.45) is 0 Å². The topological polar surface area (TPSA) is 59.1 Å². The Morgan fingerprint density at radius 3 is 2.38 bits per heavy atom. The Balaban J connectivity index is 2.21. The van der Waals surface area contributed by atoms with Crippen molar-refractivity contribution in [2.75, 3.05) is 0 Å². The van der Waals surface area contributed by atoms with E-state index in [2.05, 4.69) is 25.6 Å². The molecule has 1 aromatic carbocycles. The Morgan fingerprint density at radius 2 is 1.81 bits per heavy atom. The van der Waals surface area contributed by atoms with Crippen LogP contribution in [0.1, 0.15) is 5.56 Å². The van der Waals surface area contributed by atoms with Crippen molar-refractivity contribution in [3.8, 4) is 0 Å². The first kappa shape index (κ1) is 16.3. The molecule has 0 aliphatic rings. The quantitative estimate of drug-likeness (QED) is 0.861. The van der Waals surface area contributed by atoms with Gasteiger partial charge in [0.15, 0.2) is 5.03 Å². The first-order valence-electron chi connectivity index (χ1n) is 5.53. The van der Waals surface area contributed by atoms with E-state index in [9.17, 15) is 17.2 Å². The SMILES string of the molecule is O=S(=O)(NCc1cc(F)cc(F)c1)c1ncc(Cl)cc1Br. The van der Waals surface area contributed by atoms with Gasteiger partial charge in [-0.05, 0) is 39.7 Å². The average Bonchev–Trinajstić information content (AvgIpc) is 2.35. The molecule has 2 aromatic rings. The Labute approximate surface area is 133 Å². The minimum Gasteiger partial charge on any atom is -0.241 e. The first-order valence-corrected chi connectivity index (χ1v) is 8.19. The second-order valence-electron chi connectivity index (χ2n) is 4.04. The number of halogens is 4. The highest BCUT2D eigenvalue weighted by Crippen LogP contribution is 2.23. The van der Waals surface area contributed by atoms with Crippen molar-refractivity contribution in [3.05, 3.63) is 57.2 Å². The average molecular weight is 398 g/mol. The molecule has 0 radical (unpaired) electrons. The number of hydrogen-bond donors (Lipinski definition) is 1. The lowest BCUT2D eigenvalue weighted by atomic mass is 10.2. The van der Waals surface area contributed by atoms with Crippen molar-refractivity contribution in [1.29, 1.82) is 0 Å². The van der Waals surface area contributed by atoms with Crippen molar-refractivity contribution in [3.63, 3.8) is 0 Å². The van der Waals surface area contributed by atoms with E-state index in [-0.39, 0.29) is 26.6 Å². The largest absolute Gasteiger partial charge is 0.259 e. The smallest absolute Gasteiger partial charge is 0.241 e. The number of nitrogens with one attached hydrogen (secondary N) is 1. The van der Waals surface area contributed by atoms with Crippen molar-refractivity contribution >= 4 is 37.6 Å². The number of pyridine rings is 1. The number of rotatable bonds is 4. The van der Waals surface area contributed by atoms with Gasteiger partial charge in [0.2, 0.25) is 0 Å². The van der Waals surface area contributed by atoms with Crippen LogP contribution < -0.4 is 4.72 Å². The maximum Gasteiger partial charge on any atom is 0.259 e. The summed E-state index contributed by atoms with van der Waals surface area (Å²) in [6, 6.07) is 4.16. The van der Waals surface area contributed by atoms with Crippen LogP contribution in [0.5, 0.6) is 0 Å². The number of nitrogens with zero attached hydrogens (tertiary/aromatic N) is 1. The molecular weight excluding hydrogens is 390 g/mol. The lowest BCUT2D eigenvalue weighted by Crippen LogP contribution is -2.24. The molecule has 0 saturated carbocycles. The van der Waals surface area contributed by atoms with Crippen molar-refractivity contribution in [2.45, 2.75) is 11.6 Å². The van der Waals surface area contributed by atoms with Gasteiger partial charge in [-0.15, -0.1) is 0 Å². The minimum absolute atomic E-state index is 0.154. The number of benzene rings is 1. The highest BCUT2D eigenvalue weighted by molar-refractivity contribution is 9.10. The highest BCUT2D eigenvalue weighted by atomic mass is 79.9. The standard InChI is InChI=1S/C12H8BrClF2N2O2S/c13-11-3-8(14)6-17-12(11)21(19,20)18-5-7-1-9(15)4-10(16)2-7/h1-4,6,18H,5H2. The van der Waals surface area contributed by atoms with Crippen LogP contribution in [0.3, 0.4) is 0 Å². The summed E-state index contributed by atoms with van der Waals surface area (Å²) in [5.41, 5.74) is 0.154. The predicted molar refractivity (Wildman–Crippen MR) is 77.3 cm³/mol. The van der Waals surface area contributed by atoms with Gasteiger partial charge in [-0.25, -0.2) is 26.9 Å². The second kappa shape index (κ2) is 6.35. The number of sulfonamides is 1. The van der Waals surface area contributed by atoms with Crippen LogP contribution >= 0.6 is 27.5 Å². The lowest BCUT2D eigenvalue weighted by molar-refractivity contribution is 0.568. The maximum atomic E-state index is 13.0. The third-order valence-corrected chi connectivity index (χ3v) is 4.85. The summed E-state index contributed by atoms with van der Waals surface area (Å²) in [5, 5.41) is 0.0109. The molecule has 0 amide bonds. The number of aromatic nitrogens is 1. The zero-order valence-corrected chi connectivity index (χ0v) is 13.4. The molecule has 0 aliphatic carbocycles. The fourth-order valence-corrected chi connectivity index (χ4v) is 3.84. The summed E-state index contributed by atoms with van der Waals surface area (Å²) >= 11 is 8.73. The molecule has 0 fully saturated rings. The van der Waals surface area contributed by atoms with Gasteiger partial charge in [-0.1, -0.05) is 11.6 Å². The molecule has 0 saturated heterocycles. The van der Waals surface area contributed by atoms with E-state index in [0.29, 0.717) is 6.07 Å². The summed E-state index contributed by atoms with van der Waals surface area (Å²) in [7, 11) is -3.94. The van der Waals surface area contributed by atoms with Crippen LogP contribution in [0.25, 0.3) is 0 Å². The van der Waals surface area contributed by atoms with Crippen LogP contribution in [0.15, 0.2) is 40.0 Å². The maximum absolute atomic E-state index is 13.0. The summed E-state index contributed by atoms with van der Waals surface area (Å²) in [6.45, 7) is -0.270. The minimum atomic E-state index is -3.94. The lowest BCUT2D eigenvalue weighted by Gasteiger charge is -2.08. The van der Waals surface area contributed by atoms with Gasteiger partial charge >= 0.3 is 0 Å². The van der Waals surface area contributed by atoms with E-state index in [1.807, 2.05) is 0 Å². The molecule has 112 valence electrons. The van der Waals surface area contributed by atoms with Gasteiger partial charge in [0.05, 0.1) is 9.50 Å². The van der Waals surface area contributed by atoms with Gasteiger partial charge in [0, 0.05) is 18.8 Å². The molecule has 0 unspecified atom stereocenters. The molecule has 0 bridgehead atoms. The molecule has 21 heavy (non-hydrogen) atoms. The third-order valence-electron chi connectivity index (χ3n) is 2.42. The van der Waals surface area contributed by atoms with Gasteiger partial charge < -0.3 is 0 Å². The van der Waals surface area contributed by atoms with E-state index in [0.717, 1.165) is 12.1 Å². The fourth-order valence-electron chi connectivity index (χ4n) is 1.56. The first-order chi connectivity index (χ1) is 9.78. The van der Waals surface area contributed by atoms with Gasteiger partial charge in [-0.2, -0.15) is 0 Å². The monoisotopic (exact) mass is 396 g/mol. The third kappa shape index (κ3) is 4.19. The Hall–Kier alpha value is -1.09. The molecule has 0 aliphatic heterocycles. The summed E-state index contributed by atoms with van der Waals surface area (Å²) in [6.07, 6.45) is 1.18. The second-order valence-corrected chi connectivity index (χ2v) is 7.02. The van der Waals surface area contributed by atoms with Crippen LogP contribution in [0.2, 0.25) is 5.02 Å². The number of hydrogen-bond acceptors (Lipinski definition) is 3. The van der Waals surface area contributed by atoms with Crippen LogP contribution in [0, 0.1) is 11.6 Å². The molecule has 0 atom stereocenters. The fraction of sp³-hybridized carbons (Fsp3) is 0.0833. The molecular formula is C12H8BrClF2N2O2S. The van der Waals surface area contributed by atoms with E-state index >= 15 is 0 Å². The molecule has 2 rings (SSSR count). The van der Waals surface area contributed by atoms with Gasteiger partial charge in [-0.3, -0.25) is 0 Å². The Morgan fingerprint density at radius 1 is 1.19 bits per heavy atom. The molecule has 9 heteroatoms. The molecule has 0 spiro atoms. The van der Waals surface area contributed by atoms with Crippen molar-refractivity contribution < 1.29 is 17.2 Å². The van der Waals surface area contributed by atoms with Crippen molar-refractivity contribution in [1.82, 2.24) is 9.71 Å². The zero-order chi connectivity index (χ0) is 15.6. The Kier molecular flexibility index (Phi) is 4.92. The summed E-state index contributed by atoms with van der Waals surface area (Å²) < 4.78 is 52.6. The van der Waals surface area contributed by atoms with E-state index in [1.165, 1.54) is 12.3 Å². The predicted octanol–water partition coefficient (Wildman–Crippen LogP) is 3.25. The normalized spacial score (nSPS) is 11.6. The molecule has 1 N–H and O–H groups in total. The van der Waals surface area contributed by atoms with E-state index in [4.69, 9.17) is 11.6 Å². The molecule has 1 heterocycles. The zero-order valence-electron chi connectivity index (χ0n) is 10.3. The van der Waals surface area contributed by atoms with Crippen LogP contribution in [-0.2, 0) is 16.6 Å². The van der Waals surface area contributed by atoms with Gasteiger partial charge in [0.1, 0.15) is 11.6 Å². The van der Waals surface area contributed by atoms with Crippen LogP contribution in [-0.4, -0.2) is 13.4 Å². The highest BCUT2D eigenvalue weighted by Gasteiger charge is 2.19. The van der Waals surface area contributed by atoms with Gasteiger partial charge in [0.25, 0.3) is 10.0 Å². The van der Waals surface area contributed by atoms with E-state index in [1.54, 1.807) is 0 Å². The molecule has 4 nitrogen and oxygen atoms in total. The summed E-state index contributed by atoms with van der Waals surface area (Å²) in [5.74, 6) is -1.56. The molecule has 1 aromatic heterocycles. The van der Waals surface area contributed by atoms with Crippen LogP contribution in [0.4, 0.5) is 8.78 Å². The van der Waals surface area contributed by atoms with E-state index < -0.39 is 21.7 Å².